The number of anilines is 1. The molecule has 0 aromatic heterocycles. The fourth-order valence-corrected chi connectivity index (χ4v) is 4.08. The van der Waals surface area contributed by atoms with Gasteiger partial charge in [0.2, 0.25) is 0 Å². The molecule has 20 heavy (non-hydrogen) atoms. The first kappa shape index (κ1) is 15.6. The van der Waals surface area contributed by atoms with Gasteiger partial charge in [0.15, 0.2) is 0 Å². The maximum absolute atomic E-state index is 5.93. The third-order valence-electron chi connectivity index (χ3n) is 4.26. The highest BCUT2D eigenvalue weighted by atomic mass is 32.2. The number of nitrogens with one attached hydrogen (secondary N) is 1. The molecule has 4 heteroatoms. The first-order valence-corrected chi connectivity index (χ1v) is 8.89. The molecule has 2 rings (SSSR count). The topological polar surface area (TPSA) is 38.0 Å². The number of thioether (sulfide) groups is 1. The molecule has 0 heterocycles. The summed E-state index contributed by atoms with van der Waals surface area (Å²) in [6, 6.07) is 6.78. The number of hydrogen-bond acceptors (Lipinski definition) is 3. The van der Waals surface area contributed by atoms with Crippen molar-refractivity contribution in [2.24, 2.45) is 17.6 Å². The number of benzene rings is 1. The highest BCUT2D eigenvalue weighted by Crippen LogP contribution is 2.33. The van der Waals surface area contributed by atoms with Gasteiger partial charge in [0.25, 0.3) is 0 Å². The normalized spacial score (nSPS) is 26.2. The van der Waals surface area contributed by atoms with Crippen molar-refractivity contribution in [3.05, 3.63) is 23.8 Å². The van der Waals surface area contributed by atoms with Crippen LogP contribution in [0.1, 0.15) is 38.7 Å². The first-order valence-electron chi connectivity index (χ1n) is 7.26. The molecule has 3 atom stereocenters. The van der Waals surface area contributed by atoms with E-state index in [9.17, 15) is 0 Å². The van der Waals surface area contributed by atoms with Gasteiger partial charge in [0.1, 0.15) is 4.99 Å². The van der Waals surface area contributed by atoms with Crippen LogP contribution in [-0.4, -0.2) is 17.3 Å². The summed E-state index contributed by atoms with van der Waals surface area (Å²) in [6.45, 7) is 4.69. The van der Waals surface area contributed by atoms with E-state index in [4.69, 9.17) is 18.0 Å². The Hall–Kier alpha value is -0.740. The molecular weight excluding hydrogens is 284 g/mol. The van der Waals surface area contributed by atoms with Crippen molar-refractivity contribution in [2.45, 2.75) is 44.0 Å². The molecule has 0 spiro atoms. The van der Waals surface area contributed by atoms with Crippen LogP contribution in [0.5, 0.6) is 0 Å². The largest absolute Gasteiger partial charge is 0.389 e. The summed E-state index contributed by atoms with van der Waals surface area (Å²) in [5.74, 6) is 1.53. The van der Waals surface area contributed by atoms with E-state index in [-0.39, 0.29) is 0 Å². The van der Waals surface area contributed by atoms with E-state index < -0.39 is 0 Å². The Labute approximate surface area is 131 Å². The maximum Gasteiger partial charge on any atom is 0.107 e. The predicted molar refractivity (Wildman–Crippen MR) is 93.7 cm³/mol. The Morgan fingerprint density at radius 1 is 1.35 bits per heavy atom. The van der Waals surface area contributed by atoms with E-state index >= 15 is 0 Å². The summed E-state index contributed by atoms with van der Waals surface area (Å²) in [4.78, 5) is 1.63. The minimum Gasteiger partial charge on any atom is -0.389 e. The van der Waals surface area contributed by atoms with Crippen molar-refractivity contribution in [3.8, 4) is 0 Å². The maximum atomic E-state index is 5.93. The summed E-state index contributed by atoms with van der Waals surface area (Å²) in [7, 11) is 0. The Balaban J connectivity index is 2.23. The molecule has 0 aliphatic heterocycles. The molecule has 0 radical (unpaired) electrons. The van der Waals surface area contributed by atoms with Crippen LogP contribution in [0.2, 0.25) is 0 Å². The number of rotatable bonds is 4. The van der Waals surface area contributed by atoms with Gasteiger partial charge in [-0.2, -0.15) is 0 Å². The molecule has 1 aromatic rings. The zero-order valence-corrected chi connectivity index (χ0v) is 14.1. The molecule has 1 saturated carbocycles. The Kier molecular flexibility index (Phi) is 5.33. The highest BCUT2D eigenvalue weighted by Gasteiger charge is 2.26. The van der Waals surface area contributed by atoms with Crippen molar-refractivity contribution in [1.82, 2.24) is 0 Å². The molecule has 0 amide bonds. The smallest absolute Gasteiger partial charge is 0.107 e. The van der Waals surface area contributed by atoms with Crippen LogP contribution in [0.4, 0.5) is 5.69 Å². The lowest BCUT2D eigenvalue weighted by atomic mass is 9.80. The van der Waals surface area contributed by atoms with Crippen molar-refractivity contribution in [2.75, 3.05) is 11.6 Å². The lowest BCUT2D eigenvalue weighted by molar-refractivity contribution is 0.276. The van der Waals surface area contributed by atoms with E-state index in [0.717, 1.165) is 22.1 Å². The van der Waals surface area contributed by atoms with Crippen LogP contribution in [0.25, 0.3) is 0 Å². The second-order valence-electron chi connectivity index (χ2n) is 5.89. The van der Waals surface area contributed by atoms with E-state index in [1.165, 1.54) is 19.3 Å². The molecule has 1 aliphatic rings. The van der Waals surface area contributed by atoms with E-state index in [1.54, 1.807) is 11.8 Å². The summed E-state index contributed by atoms with van der Waals surface area (Å²) in [5, 5.41) is 3.70. The lowest BCUT2D eigenvalue weighted by Crippen LogP contribution is -2.33. The SMILES string of the molecule is CSc1cccc(NC2CCC(C)CC2C)c1C(N)=S. The quantitative estimate of drug-likeness (QED) is 0.643. The minimum absolute atomic E-state index is 0.481. The van der Waals surface area contributed by atoms with Gasteiger partial charge in [-0.15, -0.1) is 11.8 Å². The van der Waals surface area contributed by atoms with Crippen LogP contribution in [0.15, 0.2) is 23.1 Å². The fraction of sp³-hybridized carbons (Fsp3) is 0.562. The van der Waals surface area contributed by atoms with Crippen molar-refractivity contribution in [3.63, 3.8) is 0 Å². The van der Waals surface area contributed by atoms with Crippen LogP contribution >= 0.6 is 24.0 Å². The second-order valence-corrected chi connectivity index (χ2v) is 7.18. The standard InChI is InChI=1S/C16H24N2S2/c1-10-7-8-12(11(2)9-10)18-13-5-4-6-14(20-3)15(13)16(17)19/h4-6,10-12,18H,7-9H2,1-3H3,(H2,17,19). The van der Waals surface area contributed by atoms with Crippen LogP contribution < -0.4 is 11.1 Å². The zero-order chi connectivity index (χ0) is 14.7. The average Bonchev–Trinajstić information content (AvgIpc) is 2.41. The number of nitrogens with two attached hydrogens (primary N) is 1. The molecule has 1 fully saturated rings. The van der Waals surface area contributed by atoms with Crippen LogP contribution in [0.3, 0.4) is 0 Å². The van der Waals surface area contributed by atoms with Crippen molar-refractivity contribution < 1.29 is 0 Å². The highest BCUT2D eigenvalue weighted by molar-refractivity contribution is 7.98. The monoisotopic (exact) mass is 308 g/mol. The molecular formula is C16H24N2S2. The predicted octanol–water partition coefficient (Wildman–Crippen LogP) is 4.28. The van der Waals surface area contributed by atoms with E-state index in [1.807, 2.05) is 0 Å². The van der Waals surface area contributed by atoms with Gasteiger partial charge in [0, 0.05) is 22.2 Å². The van der Waals surface area contributed by atoms with Crippen molar-refractivity contribution in [1.29, 1.82) is 0 Å². The zero-order valence-electron chi connectivity index (χ0n) is 12.5. The summed E-state index contributed by atoms with van der Waals surface area (Å²) in [6.07, 6.45) is 5.88. The van der Waals surface area contributed by atoms with Gasteiger partial charge in [0.05, 0.1) is 0 Å². The average molecular weight is 309 g/mol. The minimum atomic E-state index is 0.481. The van der Waals surface area contributed by atoms with Gasteiger partial charge in [-0.25, -0.2) is 0 Å². The Bertz CT molecular complexity index is 487. The molecule has 110 valence electrons. The number of thiocarbonyl (C=S) groups is 1. The lowest BCUT2D eigenvalue weighted by Gasteiger charge is -2.34. The number of hydrogen-bond donors (Lipinski definition) is 2. The van der Waals surface area contributed by atoms with Gasteiger partial charge in [-0.3, -0.25) is 0 Å². The summed E-state index contributed by atoms with van der Waals surface area (Å²) >= 11 is 6.94. The third kappa shape index (κ3) is 3.47. The Morgan fingerprint density at radius 2 is 2.10 bits per heavy atom. The van der Waals surface area contributed by atoms with Crippen LogP contribution in [-0.2, 0) is 0 Å². The molecule has 1 aromatic carbocycles. The summed E-state index contributed by atoms with van der Waals surface area (Å²) in [5.41, 5.74) is 8.02. The van der Waals surface area contributed by atoms with Gasteiger partial charge in [-0.1, -0.05) is 32.1 Å². The van der Waals surface area contributed by atoms with Gasteiger partial charge in [-0.05, 0) is 49.5 Å². The molecule has 2 nitrogen and oxygen atoms in total. The van der Waals surface area contributed by atoms with Gasteiger partial charge < -0.3 is 11.1 Å². The van der Waals surface area contributed by atoms with Crippen LogP contribution in [0, 0.1) is 11.8 Å². The second kappa shape index (κ2) is 6.81. The first-order chi connectivity index (χ1) is 9.52. The molecule has 3 unspecified atom stereocenters. The Morgan fingerprint density at radius 3 is 2.70 bits per heavy atom. The molecule has 0 saturated heterocycles. The fourth-order valence-electron chi connectivity index (χ4n) is 3.16. The van der Waals surface area contributed by atoms with E-state index in [0.29, 0.717) is 16.9 Å². The van der Waals surface area contributed by atoms with Gasteiger partial charge >= 0.3 is 0 Å². The van der Waals surface area contributed by atoms with E-state index in [2.05, 4.69) is 43.6 Å². The molecule has 1 aliphatic carbocycles. The third-order valence-corrected chi connectivity index (χ3v) is 5.25. The van der Waals surface area contributed by atoms with Crippen molar-refractivity contribution >= 4 is 34.7 Å². The molecule has 3 N–H and O–H groups in total. The molecule has 0 bridgehead atoms. The summed E-state index contributed by atoms with van der Waals surface area (Å²) < 4.78 is 0.